The van der Waals surface area contributed by atoms with Crippen molar-refractivity contribution in [3.05, 3.63) is 41.5 Å². The number of hydrogen-bond acceptors (Lipinski definition) is 5. The molecular formula is C12H13N7. The molecule has 3 aromatic rings. The van der Waals surface area contributed by atoms with Gasteiger partial charge in [-0.25, -0.2) is 9.67 Å². The normalized spacial score (nSPS) is 10.8. The number of rotatable bonds is 3. The number of tetrazole rings is 1. The van der Waals surface area contributed by atoms with E-state index in [0.29, 0.717) is 12.4 Å². The Morgan fingerprint density at radius 3 is 2.53 bits per heavy atom. The molecule has 0 aliphatic heterocycles. The number of aromatic amines is 1. The highest BCUT2D eigenvalue weighted by Gasteiger charge is 2.05. The Balaban J connectivity index is 1.81. The lowest BCUT2D eigenvalue weighted by atomic mass is 10.1. The van der Waals surface area contributed by atoms with Crippen LogP contribution >= 0.6 is 0 Å². The van der Waals surface area contributed by atoms with Crippen LogP contribution in [0.1, 0.15) is 17.2 Å². The smallest absolute Gasteiger partial charge is 0.181 e. The zero-order chi connectivity index (χ0) is 13.2. The molecule has 7 heteroatoms. The second-order valence-corrected chi connectivity index (χ2v) is 4.33. The second kappa shape index (κ2) is 4.60. The van der Waals surface area contributed by atoms with Crippen LogP contribution in [0.25, 0.3) is 11.4 Å². The molecule has 7 nitrogen and oxygen atoms in total. The van der Waals surface area contributed by atoms with Crippen molar-refractivity contribution in [2.24, 2.45) is 0 Å². The summed E-state index contributed by atoms with van der Waals surface area (Å²) in [4.78, 5) is 4.30. The van der Waals surface area contributed by atoms with Crippen molar-refractivity contribution >= 4 is 0 Å². The van der Waals surface area contributed by atoms with Gasteiger partial charge >= 0.3 is 0 Å². The van der Waals surface area contributed by atoms with E-state index in [9.17, 15) is 0 Å². The highest BCUT2D eigenvalue weighted by Crippen LogP contribution is 2.15. The average molecular weight is 255 g/mol. The first-order valence-electron chi connectivity index (χ1n) is 5.93. The molecule has 2 aromatic heterocycles. The van der Waals surface area contributed by atoms with E-state index in [2.05, 4.69) is 30.7 Å². The average Bonchev–Trinajstić information content (AvgIpc) is 3.00. The number of nitrogens with zero attached hydrogens (tertiary/aromatic N) is 6. The van der Waals surface area contributed by atoms with Crippen molar-refractivity contribution in [2.45, 2.75) is 20.4 Å². The molecule has 0 atom stereocenters. The quantitative estimate of drug-likeness (QED) is 0.758. The zero-order valence-corrected chi connectivity index (χ0v) is 10.7. The second-order valence-electron chi connectivity index (χ2n) is 4.33. The minimum Gasteiger partial charge on any atom is -0.263 e. The highest BCUT2D eigenvalue weighted by atomic mass is 15.5. The molecule has 96 valence electrons. The van der Waals surface area contributed by atoms with Gasteiger partial charge in [0.2, 0.25) is 0 Å². The van der Waals surface area contributed by atoms with Crippen LogP contribution in [0.4, 0.5) is 0 Å². The summed E-state index contributed by atoms with van der Waals surface area (Å²) in [5, 5.41) is 18.4. The number of aryl methyl sites for hydroxylation is 2. The molecule has 0 saturated carbocycles. The predicted molar refractivity (Wildman–Crippen MR) is 68.2 cm³/mol. The van der Waals surface area contributed by atoms with Gasteiger partial charge in [-0.05, 0) is 29.8 Å². The molecule has 0 bridgehead atoms. The Morgan fingerprint density at radius 2 is 1.95 bits per heavy atom. The van der Waals surface area contributed by atoms with Crippen molar-refractivity contribution in [3.8, 4) is 11.4 Å². The van der Waals surface area contributed by atoms with Crippen LogP contribution in [0.2, 0.25) is 0 Å². The standard InChI is InChI=1S/C12H13N7/c1-8-13-12(16-14-8)11-5-3-10(4-6-11)7-19-9(2)15-17-18-19/h3-6H,7H2,1-2H3,(H,13,14,16). The topological polar surface area (TPSA) is 85.2 Å². The SMILES string of the molecule is Cc1nc(-c2ccc(Cn3nnnc3C)cc2)n[nH]1. The van der Waals surface area contributed by atoms with Crippen LogP contribution in [0.15, 0.2) is 24.3 Å². The number of hydrogen-bond donors (Lipinski definition) is 1. The van der Waals surface area contributed by atoms with Crippen molar-refractivity contribution < 1.29 is 0 Å². The predicted octanol–water partition coefficient (Wildman–Crippen LogP) is 1.12. The summed E-state index contributed by atoms with van der Waals surface area (Å²) in [6.45, 7) is 4.42. The van der Waals surface area contributed by atoms with Gasteiger partial charge < -0.3 is 0 Å². The molecule has 0 aliphatic carbocycles. The number of nitrogens with one attached hydrogen (secondary N) is 1. The van der Waals surface area contributed by atoms with Crippen molar-refractivity contribution in [3.63, 3.8) is 0 Å². The largest absolute Gasteiger partial charge is 0.263 e. The fraction of sp³-hybridized carbons (Fsp3) is 0.250. The lowest BCUT2D eigenvalue weighted by molar-refractivity contribution is 0.633. The summed E-state index contributed by atoms with van der Waals surface area (Å²) >= 11 is 0. The summed E-state index contributed by atoms with van der Waals surface area (Å²) in [6, 6.07) is 8.06. The molecule has 0 saturated heterocycles. The molecule has 0 unspecified atom stereocenters. The zero-order valence-electron chi connectivity index (χ0n) is 10.7. The maximum absolute atomic E-state index is 4.30. The van der Waals surface area contributed by atoms with Crippen LogP contribution in [0.5, 0.6) is 0 Å². The van der Waals surface area contributed by atoms with E-state index in [1.54, 1.807) is 4.68 Å². The highest BCUT2D eigenvalue weighted by molar-refractivity contribution is 5.54. The van der Waals surface area contributed by atoms with E-state index in [1.807, 2.05) is 38.1 Å². The number of H-pyrrole nitrogens is 1. The van der Waals surface area contributed by atoms with Crippen LogP contribution in [0, 0.1) is 13.8 Å². The maximum atomic E-state index is 4.30. The third kappa shape index (κ3) is 2.35. The van der Waals surface area contributed by atoms with E-state index in [-0.39, 0.29) is 0 Å². The summed E-state index contributed by atoms with van der Waals surface area (Å²) in [5.41, 5.74) is 2.12. The third-order valence-corrected chi connectivity index (χ3v) is 2.85. The van der Waals surface area contributed by atoms with Crippen molar-refractivity contribution in [2.75, 3.05) is 0 Å². The maximum Gasteiger partial charge on any atom is 0.181 e. The van der Waals surface area contributed by atoms with E-state index >= 15 is 0 Å². The first kappa shape index (κ1) is 11.5. The summed E-state index contributed by atoms with van der Waals surface area (Å²) in [6.07, 6.45) is 0. The fourth-order valence-electron chi connectivity index (χ4n) is 1.80. The van der Waals surface area contributed by atoms with Crippen LogP contribution in [-0.2, 0) is 6.54 Å². The van der Waals surface area contributed by atoms with E-state index in [4.69, 9.17) is 0 Å². The minimum atomic E-state index is 0.659. The van der Waals surface area contributed by atoms with Gasteiger partial charge in [0, 0.05) is 5.56 Å². The lowest BCUT2D eigenvalue weighted by Crippen LogP contribution is -2.04. The molecule has 0 spiro atoms. The number of aromatic nitrogens is 7. The van der Waals surface area contributed by atoms with Crippen LogP contribution in [-0.4, -0.2) is 35.4 Å². The molecule has 3 rings (SSSR count). The monoisotopic (exact) mass is 255 g/mol. The molecule has 2 heterocycles. The Kier molecular flexibility index (Phi) is 2.79. The molecule has 0 radical (unpaired) electrons. The molecule has 0 aliphatic rings. The van der Waals surface area contributed by atoms with Gasteiger partial charge in [-0.3, -0.25) is 5.10 Å². The summed E-state index contributed by atoms with van der Waals surface area (Å²) in [7, 11) is 0. The summed E-state index contributed by atoms with van der Waals surface area (Å²) < 4.78 is 1.76. The Labute approximate surface area is 109 Å². The lowest BCUT2D eigenvalue weighted by Gasteiger charge is -2.03. The Hall–Kier alpha value is -2.57. The fourth-order valence-corrected chi connectivity index (χ4v) is 1.80. The van der Waals surface area contributed by atoms with Gasteiger partial charge in [0.05, 0.1) is 6.54 Å². The Morgan fingerprint density at radius 1 is 1.16 bits per heavy atom. The first-order valence-corrected chi connectivity index (χ1v) is 5.93. The first-order chi connectivity index (χ1) is 9.22. The van der Waals surface area contributed by atoms with Gasteiger partial charge in [0.1, 0.15) is 11.6 Å². The minimum absolute atomic E-state index is 0.659. The van der Waals surface area contributed by atoms with Gasteiger partial charge in [-0.2, -0.15) is 5.10 Å². The third-order valence-electron chi connectivity index (χ3n) is 2.85. The molecule has 1 aromatic carbocycles. The summed E-state index contributed by atoms with van der Waals surface area (Å²) in [5.74, 6) is 2.32. The van der Waals surface area contributed by atoms with Gasteiger partial charge in [-0.1, -0.05) is 24.3 Å². The molecule has 0 fully saturated rings. The van der Waals surface area contributed by atoms with Gasteiger partial charge in [0.25, 0.3) is 0 Å². The van der Waals surface area contributed by atoms with Crippen LogP contribution < -0.4 is 0 Å². The number of benzene rings is 1. The molecule has 19 heavy (non-hydrogen) atoms. The Bertz CT molecular complexity index is 680. The van der Waals surface area contributed by atoms with Gasteiger partial charge in [-0.15, -0.1) is 5.10 Å². The van der Waals surface area contributed by atoms with Crippen molar-refractivity contribution in [1.29, 1.82) is 0 Å². The van der Waals surface area contributed by atoms with E-state index in [1.165, 1.54) is 0 Å². The van der Waals surface area contributed by atoms with Crippen molar-refractivity contribution in [1.82, 2.24) is 35.4 Å². The molecule has 0 amide bonds. The van der Waals surface area contributed by atoms with Gasteiger partial charge in [0.15, 0.2) is 5.82 Å². The molecular weight excluding hydrogens is 242 g/mol. The van der Waals surface area contributed by atoms with E-state index in [0.717, 1.165) is 22.8 Å². The van der Waals surface area contributed by atoms with E-state index < -0.39 is 0 Å². The molecule has 1 N–H and O–H groups in total. The van der Waals surface area contributed by atoms with Crippen LogP contribution in [0.3, 0.4) is 0 Å².